The molecule has 8 heteroatoms. The molecule has 1 heterocycles. The second kappa shape index (κ2) is 6.19. The maximum absolute atomic E-state index is 13.6. The van der Waals surface area contributed by atoms with Crippen molar-refractivity contribution >= 4 is 34.8 Å². The van der Waals surface area contributed by atoms with E-state index in [2.05, 4.69) is 5.32 Å². The van der Waals surface area contributed by atoms with E-state index in [1.807, 2.05) is 0 Å². The van der Waals surface area contributed by atoms with Gasteiger partial charge < -0.3 is 10.4 Å². The summed E-state index contributed by atoms with van der Waals surface area (Å²) in [7, 11) is 0. The van der Waals surface area contributed by atoms with Gasteiger partial charge in [-0.1, -0.05) is 17.7 Å². The highest BCUT2D eigenvalue weighted by molar-refractivity contribution is 7.10. The van der Waals surface area contributed by atoms with Gasteiger partial charge in [0.15, 0.2) is 6.04 Å². The average molecular weight is 332 g/mol. The number of halogens is 3. The van der Waals surface area contributed by atoms with Crippen LogP contribution in [0.5, 0.6) is 0 Å². The van der Waals surface area contributed by atoms with Crippen molar-refractivity contribution in [1.82, 2.24) is 5.32 Å². The Kier molecular flexibility index (Phi) is 4.54. The van der Waals surface area contributed by atoms with E-state index in [9.17, 15) is 18.4 Å². The highest BCUT2D eigenvalue weighted by atomic mass is 35.5. The lowest BCUT2D eigenvalue weighted by molar-refractivity contribution is -0.139. The van der Waals surface area contributed by atoms with Crippen LogP contribution in [0.4, 0.5) is 8.78 Å². The van der Waals surface area contributed by atoms with E-state index in [4.69, 9.17) is 16.7 Å². The van der Waals surface area contributed by atoms with Crippen LogP contribution in [0.25, 0.3) is 0 Å². The first-order valence-electron chi connectivity index (χ1n) is 5.61. The second-order valence-electron chi connectivity index (χ2n) is 4.01. The van der Waals surface area contributed by atoms with Crippen LogP contribution in [-0.2, 0) is 4.79 Å². The standard InChI is InChI=1S/C13H8ClF2NO3S/c14-7-5-8(15)6(4-9(7)16)12(18)17-11(13(19)20)10-2-1-3-21-10/h1-5,11H,(H,17,18)(H,19,20). The number of hydrogen-bond acceptors (Lipinski definition) is 3. The van der Waals surface area contributed by atoms with Gasteiger partial charge in [0.25, 0.3) is 5.91 Å². The van der Waals surface area contributed by atoms with Crippen molar-refractivity contribution in [2.24, 2.45) is 0 Å². The predicted molar refractivity (Wildman–Crippen MR) is 73.5 cm³/mol. The third-order valence-electron chi connectivity index (χ3n) is 2.60. The zero-order chi connectivity index (χ0) is 15.6. The van der Waals surface area contributed by atoms with E-state index in [-0.39, 0.29) is 0 Å². The molecule has 0 saturated carbocycles. The Bertz CT molecular complexity index is 691. The molecule has 0 spiro atoms. The molecule has 0 aliphatic heterocycles. The first-order chi connectivity index (χ1) is 9.90. The van der Waals surface area contributed by atoms with Crippen LogP contribution >= 0.6 is 22.9 Å². The molecule has 0 bridgehead atoms. The number of benzene rings is 1. The molecule has 0 fully saturated rings. The Morgan fingerprint density at radius 1 is 1.29 bits per heavy atom. The van der Waals surface area contributed by atoms with Crippen LogP contribution in [0, 0.1) is 11.6 Å². The van der Waals surface area contributed by atoms with Gasteiger partial charge in [0, 0.05) is 4.88 Å². The molecule has 1 aromatic heterocycles. The van der Waals surface area contributed by atoms with Gasteiger partial charge in [-0.2, -0.15) is 0 Å². The van der Waals surface area contributed by atoms with Crippen LogP contribution in [0.3, 0.4) is 0 Å². The molecular weight excluding hydrogens is 324 g/mol. The lowest BCUT2D eigenvalue weighted by Gasteiger charge is -2.13. The van der Waals surface area contributed by atoms with Crippen molar-refractivity contribution in [1.29, 1.82) is 0 Å². The number of nitrogens with one attached hydrogen (secondary N) is 1. The van der Waals surface area contributed by atoms with Crippen molar-refractivity contribution in [2.45, 2.75) is 6.04 Å². The Morgan fingerprint density at radius 2 is 2.00 bits per heavy atom. The van der Waals surface area contributed by atoms with Crippen LogP contribution in [0.1, 0.15) is 21.3 Å². The summed E-state index contributed by atoms with van der Waals surface area (Å²) in [5.74, 6) is -4.34. The lowest BCUT2D eigenvalue weighted by Crippen LogP contribution is -2.33. The number of carbonyl (C=O) groups excluding carboxylic acids is 1. The average Bonchev–Trinajstić information content (AvgIpc) is 2.93. The first-order valence-corrected chi connectivity index (χ1v) is 6.87. The summed E-state index contributed by atoms with van der Waals surface area (Å²) in [4.78, 5) is 23.5. The number of amides is 1. The number of hydrogen-bond donors (Lipinski definition) is 2. The second-order valence-corrected chi connectivity index (χ2v) is 5.39. The Balaban J connectivity index is 2.28. The highest BCUT2D eigenvalue weighted by Crippen LogP contribution is 2.22. The quantitative estimate of drug-likeness (QED) is 0.845. The molecule has 2 N–H and O–H groups in total. The minimum absolute atomic E-state index is 0.366. The molecular formula is C13H8ClF2NO3S. The number of rotatable bonds is 4. The number of aliphatic carboxylic acids is 1. The fourth-order valence-electron chi connectivity index (χ4n) is 1.62. The molecule has 0 aliphatic carbocycles. The number of thiophene rings is 1. The Morgan fingerprint density at radius 3 is 2.57 bits per heavy atom. The smallest absolute Gasteiger partial charge is 0.331 e. The highest BCUT2D eigenvalue weighted by Gasteiger charge is 2.25. The minimum atomic E-state index is -1.34. The summed E-state index contributed by atoms with van der Waals surface area (Å²) < 4.78 is 26.9. The molecule has 1 amide bonds. The number of carboxylic acids is 1. The number of carbonyl (C=O) groups is 2. The normalized spacial score (nSPS) is 12.0. The van der Waals surface area contributed by atoms with Crippen LogP contribution in [0.2, 0.25) is 5.02 Å². The third kappa shape index (κ3) is 3.37. The maximum Gasteiger partial charge on any atom is 0.331 e. The zero-order valence-corrected chi connectivity index (χ0v) is 11.8. The minimum Gasteiger partial charge on any atom is -0.479 e. The molecule has 4 nitrogen and oxygen atoms in total. The van der Waals surface area contributed by atoms with Crippen molar-refractivity contribution in [2.75, 3.05) is 0 Å². The number of carboxylic acid groups (broad SMARTS) is 1. The predicted octanol–water partition coefficient (Wildman–Crippen LogP) is 3.24. The van der Waals surface area contributed by atoms with Crippen molar-refractivity contribution in [3.05, 3.63) is 56.7 Å². The Labute approximate surface area is 127 Å². The van der Waals surface area contributed by atoms with Crippen molar-refractivity contribution in [3.8, 4) is 0 Å². The van der Waals surface area contributed by atoms with Gasteiger partial charge in [-0.25, -0.2) is 13.6 Å². The summed E-state index contributed by atoms with van der Waals surface area (Å²) in [5, 5.41) is 12.4. The molecule has 0 saturated heterocycles. The van der Waals surface area contributed by atoms with Gasteiger partial charge in [0.2, 0.25) is 0 Å². The van der Waals surface area contributed by atoms with E-state index in [0.29, 0.717) is 17.0 Å². The van der Waals surface area contributed by atoms with Gasteiger partial charge in [-0.3, -0.25) is 4.79 Å². The van der Waals surface area contributed by atoms with Crippen LogP contribution in [-0.4, -0.2) is 17.0 Å². The monoisotopic (exact) mass is 331 g/mol. The molecule has 1 unspecified atom stereocenters. The summed E-state index contributed by atoms with van der Waals surface area (Å²) in [6, 6.07) is 3.08. The van der Waals surface area contributed by atoms with Gasteiger partial charge >= 0.3 is 5.97 Å². The topological polar surface area (TPSA) is 66.4 Å². The SMILES string of the molecule is O=C(NC(C(=O)O)c1cccs1)c1cc(F)c(Cl)cc1F. The van der Waals surface area contributed by atoms with E-state index >= 15 is 0 Å². The molecule has 2 aromatic rings. The third-order valence-corrected chi connectivity index (χ3v) is 3.83. The van der Waals surface area contributed by atoms with Crippen molar-refractivity contribution in [3.63, 3.8) is 0 Å². The molecule has 1 atom stereocenters. The van der Waals surface area contributed by atoms with Crippen LogP contribution in [0.15, 0.2) is 29.6 Å². The van der Waals surface area contributed by atoms with Crippen LogP contribution < -0.4 is 5.32 Å². The van der Waals surface area contributed by atoms with Crippen molar-refractivity contribution < 1.29 is 23.5 Å². The fourth-order valence-corrected chi connectivity index (χ4v) is 2.53. The first kappa shape index (κ1) is 15.4. The van der Waals surface area contributed by atoms with E-state index in [1.54, 1.807) is 11.4 Å². The van der Waals surface area contributed by atoms with E-state index in [1.165, 1.54) is 6.07 Å². The fraction of sp³-hybridized carbons (Fsp3) is 0.0769. The molecule has 110 valence electrons. The largest absolute Gasteiger partial charge is 0.479 e. The summed E-state index contributed by atoms with van der Waals surface area (Å²) in [5.41, 5.74) is -0.611. The molecule has 0 radical (unpaired) electrons. The van der Waals surface area contributed by atoms with Gasteiger partial charge in [0.1, 0.15) is 11.6 Å². The molecule has 1 aromatic carbocycles. The van der Waals surface area contributed by atoms with E-state index in [0.717, 1.165) is 11.3 Å². The Hall–Kier alpha value is -1.99. The van der Waals surface area contributed by atoms with Gasteiger partial charge in [-0.15, -0.1) is 11.3 Å². The summed E-state index contributed by atoms with van der Waals surface area (Å²) in [6.07, 6.45) is 0. The zero-order valence-electron chi connectivity index (χ0n) is 10.3. The molecule has 21 heavy (non-hydrogen) atoms. The van der Waals surface area contributed by atoms with E-state index < -0.39 is 40.1 Å². The summed E-state index contributed by atoms with van der Waals surface area (Å²) in [6.45, 7) is 0. The lowest BCUT2D eigenvalue weighted by atomic mass is 10.1. The van der Waals surface area contributed by atoms with Gasteiger partial charge in [0.05, 0.1) is 10.6 Å². The summed E-state index contributed by atoms with van der Waals surface area (Å²) >= 11 is 6.51. The molecule has 2 rings (SSSR count). The van der Waals surface area contributed by atoms with Gasteiger partial charge in [-0.05, 0) is 23.6 Å². The molecule has 0 aliphatic rings. The maximum atomic E-state index is 13.6.